The van der Waals surface area contributed by atoms with Gasteiger partial charge in [-0.1, -0.05) is 27.7 Å². The number of esters is 2. The standard InChI is InChI=1S/C21H40O6Si/c1-10-25-19(23)16(6)18(20(24)26-21(7,8)9)17(13-14-22)27-28(11-2,12-3)15(4)5/h15,17,22H,10-14H2,1-9H3/b18-16-/t17-/m1/s1. The highest BCUT2D eigenvalue weighted by Crippen LogP contribution is 2.34. The number of aliphatic hydroxyl groups is 1. The average molecular weight is 417 g/mol. The number of carbonyl (C=O) groups excluding carboxylic acids is 2. The lowest BCUT2D eigenvalue weighted by Gasteiger charge is -2.38. The Labute approximate surface area is 171 Å². The van der Waals surface area contributed by atoms with E-state index in [1.807, 2.05) is 0 Å². The first-order valence-electron chi connectivity index (χ1n) is 10.3. The number of hydrogen-bond donors (Lipinski definition) is 1. The Morgan fingerprint density at radius 3 is 1.93 bits per heavy atom. The topological polar surface area (TPSA) is 82.1 Å². The molecule has 0 aromatic carbocycles. The molecule has 0 aliphatic rings. The number of aliphatic hydroxyl groups excluding tert-OH is 1. The molecule has 0 heterocycles. The van der Waals surface area contributed by atoms with Gasteiger partial charge in [0, 0.05) is 12.2 Å². The lowest BCUT2D eigenvalue weighted by molar-refractivity contribution is -0.152. The highest BCUT2D eigenvalue weighted by molar-refractivity contribution is 6.75. The molecule has 0 saturated heterocycles. The van der Waals surface area contributed by atoms with Gasteiger partial charge in [0.25, 0.3) is 0 Å². The highest BCUT2D eigenvalue weighted by Gasteiger charge is 2.41. The molecule has 6 nitrogen and oxygen atoms in total. The van der Waals surface area contributed by atoms with Crippen LogP contribution in [0.2, 0.25) is 17.6 Å². The summed E-state index contributed by atoms with van der Waals surface area (Å²) in [5.41, 5.74) is -0.0647. The second-order valence-corrected chi connectivity index (χ2v) is 13.2. The van der Waals surface area contributed by atoms with E-state index in [1.54, 1.807) is 34.6 Å². The van der Waals surface area contributed by atoms with E-state index in [0.29, 0.717) is 5.54 Å². The van der Waals surface area contributed by atoms with Crippen LogP contribution in [-0.2, 0) is 23.5 Å². The molecule has 1 N–H and O–H groups in total. The average Bonchev–Trinajstić information content (AvgIpc) is 2.58. The third-order valence-corrected chi connectivity index (χ3v) is 10.2. The zero-order chi connectivity index (χ0) is 22.1. The minimum Gasteiger partial charge on any atom is -0.463 e. The molecule has 0 amide bonds. The van der Waals surface area contributed by atoms with E-state index in [4.69, 9.17) is 13.9 Å². The Balaban J connectivity index is 6.31. The number of carbonyl (C=O) groups is 2. The maximum absolute atomic E-state index is 13.0. The summed E-state index contributed by atoms with van der Waals surface area (Å²) in [5.74, 6) is -1.17. The first-order valence-corrected chi connectivity index (χ1v) is 12.7. The number of hydrogen-bond acceptors (Lipinski definition) is 6. The smallest absolute Gasteiger partial charge is 0.337 e. The monoisotopic (exact) mass is 416 g/mol. The van der Waals surface area contributed by atoms with Crippen molar-refractivity contribution in [2.24, 2.45) is 0 Å². The second kappa shape index (κ2) is 11.7. The Hall–Kier alpha value is -1.18. The van der Waals surface area contributed by atoms with E-state index in [-0.39, 0.29) is 30.8 Å². The largest absolute Gasteiger partial charge is 0.463 e. The van der Waals surface area contributed by atoms with E-state index in [0.717, 1.165) is 12.1 Å². The van der Waals surface area contributed by atoms with Gasteiger partial charge in [-0.25, -0.2) is 9.59 Å². The third-order valence-electron chi connectivity index (χ3n) is 4.94. The molecule has 1 atom stereocenters. The molecule has 0 aromatic rings. The SMILES string of the molecule is CCOC(=O)/C(C)=C(\C(=O)OC(C)(C)C)[C@@H](CCO)O[Si](CC)(CC)C(C)C. The van der Waals surface area contributed by atoms with Crippen LogP contribution >= 0.6 is 0 Å². The van der Waals surface area contributed by atoms with Gasteiger partial charge in [-0.2, -0.15) is 0 Å². The van der Waals surface area contributed by atoms with E-state index in [9.17, 15) is 14.7 Å². The molecule has 0 saturated carbocycles. The summed E-state index contributed by atoms with van der Waals surface area (Å²) in [4.78, 5) is 25.4. The predicted molar refractivity (Wildman–Crippen MR) is 114 cm³/mol. The molecule has 0 bridgehead atoms. The van der Waals surface area contributed by atoms with Crippen molar-refractivity contribution in [3.63, 3.8) is 0 Å². The van der Waals surface area contributed by atoms with Gasteiger partial charge in [0.1, 0.15) is 5.60 Å². The van der Waals surface area contributed by atoms with Gasteiger partial charge < -0.3 is 19.0 Å². The number of ether oxygens (including phenoxy) is 2. The minimum atomic E-state index is -2.19. The van der Waals surface area contributed by atoms with E-state index in [2.05, 4.69) is 27.7 Å². The number of rotatable bonds is 11. The summed E-state index contributed by atoms with van der Waals surface area (Å²) in [6, 6.07) is 1.76. The van der Waals surface area contributed by atoms with Gasteiger partial charge in [-0.15, -0.1) is 0 Å². The molecular weight excluding hydrogens is 376 g/mol. The Morgan fingerprint density at radius 2 is 1.57 bits per heavy atom. The minimum absolute atomic E-state index is 0.154. The Kier molecular flexibility index (Phi) is 11.2. The molecule has 0 unspecified atom stereocenters. The second-order valence-electron chi connectivity index (χ2n) is 8.31. The highest BCUT2D eigenvalue weighted by atomic mass is 28.4. The summed E-state index contributed by atoms with van der Waals surface area (Å²) < 4.78 is 17.3. The van der Waals surface area contributed by atoms with Crippen molar-refractivity contribution in [1.82, 2.24) is 0 Å². The molecule has 0 rings (SSSR count). The Bertz CT molecular complexity index is 544. The predicted octanol–water partition coefficient (Wildman–Crippen LogP) is 4.37. The van der Waals surface area contributed by atoms with Crippen molar-refractivity contribution in [1.29, 1.82) is 0 Å². The van der Waals surface area contributed by atoms with Crippen molar-refractivity contribution in [3.8, 4) is 0 Å². The van der Waals surface area contributed by atoms with E-state index in [1.165, 1.54) is 0 Å². The molecule has 28 heavy (non-hydrogen) atoms. The molecule has 0 aromatic heterocycles. The van der Waals surface area contributed by atoms with Gasteiger partial charge >= 0.3 is 11.9 Å². The van der Waals surface area contributed by atoms with Crippen LogP contribution in [0.25, 0.3) is 0 Å². The first kappa shape index (κ1) is 26.8. The maximum atomic E-state index is 13.0. The van der Waals surface area contributed by atoms with Crippen molar-refractivity contribution < 1.29 is 28.6 Å². The first-order chi connectivity index (χ1) is 12.9. The van der Waals surface area contributed by atoms with Crippen LogP contribution in [0.15, 0.2) is 11.1 Å². The molecule has 164 valence electrons. The van der Waals surface area contributed by atoms with Crippen LogP contribution in [-0.4, -0.2) is 50.3 Å². The van der Waals surface area contributed by atoms with Crippen molar-refractivity contribution >= 4 is 20.3 Å². The van der Waals surface area contributed by atoms with Crippen LogP contribution in [0, 0.1) is 0 Å². The Morgan fingerprint density at radius 1 is 1.04 bits per heavy atom. The molecule has 0 radical (unpaired) electrons. The zero-order valence-corrected chi connectivity index (χ0v) is 20.2. The fraction of sp³-hybridized carbons (Fsp3) is 0.810. The summed E-state index contributed by atoms with van der Waals surface area (Å²) in [6.45, 7) is 17.1. The molecule has 0 aliphatic carbocycles. The van der Waals surface area contributed by atoms with Crippen LogP contribution in [0.4, 0.5) is 0 Å². The van der Waals surface area contributed by atoms with Crippen LogP contribution in [0.1, 0.15) is 68.7 Å². The van der Waals surface area contributed by atoms with Crippen molar-refractivity contribution in [2.75, 3.05) is 13.2 Å². The molecular formula is C21H40O6Si. The normalized spacial score (nSPS) is 14.5. The van der Waals surface area contributed by atoms with E-state index >= 15 is 0 Å². The lowest BCUT2D eigenvalue weighted by atomic mass is 10.0. The van der Waals surface area contributed by atoms with Gasteiger partial charge in [-0.05, 0) is 58.7 Å². The summed E-state index contributed by atoms with van der Waals surface area (Å²) >= 11 is 0. The molecule has 0 spiro atoms. The summed E-state index contributed by atoms with van der Waals surface area (Å²) in [5, 5.41) is 9.65. The van der Waals surface area contributed by atoms with Crippen LogP contribution < -0.4 is 0 Å². The maximum Gasteiger partial charge on any atom is 0.337 e. The molecule has 7 heteroatoms. The van der Waals surface area contributed by atoms with E-state index < -0.39 is 32.0 Å². The fourth-order valence-corrected chi connectivity index (χ4v) is 6.78. The van der Waals surface area contributed by atoms with Gasteiger partial charge in [0.2, 0.25) is 0 Å². The summed E-state index contributed by atoms with van der Waals surface area (Å²) in [6.07, 6.45) is -0.495. The molecule has 0 fully saturated rings. The lowest BCUT2D eigenvalue weighted by Crippen LogP contribution is -2.46. The van der Waals surface area contributed by atoms with Crippen LogP contribution in [0.5, 0.6) is 0 Å². The van der Waals surface area contributed by atoms with Crippen molar-refractivity contribution in [3.05, 3.63) is 11.1 Å². The third kappa shape index (κ3) is 7.68. The molecule has 0 aliphatic heterocycles. The quantitative estimate of drug-likeness (QED) is 0.306. The van der Waals surface area contributed by atoms with Gasteiger partial charge in [0.15, 0.2) is 8.32 Å². The van der Waals surface area contributed by atoms with Gasteiger partial charge in [0.05, 0.1) is 18.3 Å². The van der Waals surface area contributed by atoms with Crippen molar-refractivity contribution in [2.45, 2.75) is 98.1 Å². The zero-order valence-electron chi connectivity index (χ0n) is 19.2. The fourth-order valence-electron chi connectivity index (χ4n) is 3.24. The summed E-state index contributed by atoms with van der Waals surface area (Å²) in [7, 11) is -2.19. The van der Waals surface area contributed by atoms with Gasteiger partial charge in [-0.3, -0.25) is 0 Å². The van der Waals surface area contributed by atoms with Crippen LogP contribution in [0.3, 0.4) is 0 Å².